The zero-order valence-electron chi connectivity index (χ0n) is 10.0. The van der Waals surface area contributed by atoms with Gasteiger partial charge >= 0.3 is 12.1 Å². The van der Waals surface area contributed by atoms with Crippen LogP contribution in [0.5, 0.6) is 0 Å². The standard InChI is InChI=1S/C12H13F3N2O2/c13-12(14,15)8-4-5-10(16-7-8)17-6-2-1-3-9(17)11(18)19/h4-5,7,9H,1-3,6H2,(H,18,19). The van der Waals surface area contributed by atoms with Crippen molar-refractivity contribution < 1.29 is 23.1 Å². The summed E-state index contributed by atoms with van der Waals surface area (Å²) in [5.74, 6) is -0.693. The lowest BCUT2D eigenvalue weighted by molar-refractivity contribution is -0.139. The second-order valence-corrected chi connectivity index (χ2v) is 4.45. The third-order valence-corrected chi connectivity index (χ3v) is 3.16. The van der Waals surface area contributed by atoms with Gasteiger partial charge in [-0.2, -0.15) is 13.2 Å². The Morgan fingerprint density at radius 2 is 2.11 bits per heavy atom. The molecule has 0 amide bonds. The number of hydrogen-bond donors (Lipinski definition) is 1. The van der Waals surface area contributed by atoms with Gasteiger partial charge in [-0.05, 0) is 31.4 Å². The minimum absolute atomic E-state index is 0.278. The zero-order valence-corrected chi connectivity index (χ0v) is 10.0. The second kappa shape index (κ2) is 5.07. The predicted octanol–water partition coefficient (Wildman–Crippen LogP) is 2.54. The van der Waals surface area contributed by atoms with E-state index in [1.54, 1.807) is 4.90 Å². The molecular weight excluding hydrogens is 261 g/mol. The maximum atomic E-state index is 12.4. The fourth-order valence-corrected chi connectivity index (χ4v) is 2.19. The van der Waals surface area contributed by atoms with Crippen molar-refractivity contribution in [2.24, 2.45) is 0 Å². The minimum Gasteiger partial charge on any atom is -0.480 e. The largest absolute Gasteiger partial charge is 0.480 e. The molecule has 1 aromatic heterocycles. The number of anilines is 1. The Morgan fingerprint density at radius 1 is 1.37 bits per heavy atom. The van der Waals surface area contributed by atoms with Crippen molar-refractivity contribution in [1.82, 2.24) is 4.98 Å². The summed E-state index contributed by atoms with van der Waals surface area (Å²) >= 11 is 0. The smallest absolute Gasteiger partial charge is 0.417 e. The molecule has 0 aliphatic carbocycles. The molecule has 104 valence electrons. The summed E-state index contributed by atoms with van der Waals surface area (Å²) < 4.78 is 37.3. The van der Waals surface area contributed by atoms with Gasteiger partial charge in [-0.15, -0.1) is 0 Å². The van der Waals surface area contributed by atoms with E-state index in [4.69, 9.17) is 5.11 Å². The van der Waals surface area contributed by atoms with E-state index in [1.165, 1.54) is 6.07 Å². The van der Waals surface area contributed by atoms with Gasteiger partial charge < -0.3 is 10.0 Å². The van der Waals surface area contributed by atoms with Crippen molar-refractivity contribution in [3.63, 3.8) is 0 Å². The Balaban J connectivity index is 2.23. The lowest BCUT2D eigenvalue weighted by Gasteiger charge is -2.33. The Labute approximate surface area is 107 Å². The number of alkyl halides is 3. The molecule has 1 aliphatic heterocycles. The number of hydrogen-bond acceptors (Lipinski definition) is 3. The van der Waals surface area contributed by atoms with Crippen molar-refractivity contribution >= 4 is 11.8 Å². The average Bonchev–Trinajstić information content (AvgIpc) is 2.38. The van der Waals surface area contributed by atoms with E-state index in [1.807, 2.05) is 0 Å². The van der Waals surface area contributed by atoms with Gasteiger partial charge in [0, 0.05) is 12.7 Å². The highest BCUT2D eigenvalue weighted by Crippen LogP contribution is 2.30. The first-order chi connectivity index (χ1) is 8.89. The third kappa shape index (κ3) is 2.97. The van der Waals surface area contributed by atoms with Gasteiger partial charge in [-0.3, -0.25) is 0 Å². The Hall–Kier alpha value is -1.79. The van der Waals surface area contributed by atoms with Crippen LogP contribution in [0, 0.1) is 0 Å². The Kier molecular flexibility index (Phi) is 3.64. The molecule has 4 nitrogen and oxygen atoms in total. The van der Waals surface area contributed by atoms with Gasteiger partial charge in [-0.1, -0.05) is 0 Å². The van der Waals surface area contributed by atoms with Crippen LogP contribution in [0.25, 0.3) is 0 Å². The van der Waals surface area contributed by atoms with Crippen molar-refractivity contribution in [1.29, 1.82) is 0 Å². The van der Waals surface area contributed by atoms with Crippen LogP contribution in [0.15, 0.2) is 18.3 Å². The van der Waals surface area contributed by atoms with E-state index >= 15 is 0 Å². The number of carboxylic acid groups (broad SMARTS) is 1. The van der Waals surface area contributed by atoms with Gasteiger partial charge in [0.25, 0.3) is 0 Å². The Morgan fingerprint density at radius 3 is 2.63 bits per heavy atom. The fraction of sp³-hybridized carbons (Fsp3) is 0.500. The SMILES string of the molecule is O=C(O)C1CCCCN1c1ccc(C(F)(F)F)cn1. The first-order valence-corrected chi connectivity index (χ1v) is 5.92. The predicted molar refractivity (Wildman–Crippen MR) is 61.9 cm³/mol. The number of piperidine rings is 1. The van der Waals surface area contributed by atoms with Crippen molar-refractivity contribution in [2.45, 2.75) is 31.5 Å². The van der Waals surface area contributed by atoms with E-state index in [9.17, 15) is 18.0 Å². The third-order valence-electron chi connectivity index (χ3n) is 3.16. The quantitative estimate of drug-likeness (QED) is 0.900. The fourth-order valence-electron chi connectivity index (χ4n) is 2.19. The van der Waals surface area contributed by atoms with E-state index < -0.39 is 23.8 Å². The van der Waals surface area contributed by atoms with Gasteiger partial charge in [0.15, 0.2) is 0 Å². The summed E-state index contributed by atoms with van der Waals surface area (Å²) in [7, 11) is 0. The van der Waals surface area contributed by atoms with Crippen LogP contribution < -0.4 is 4.90 Å². The van der Waals surface area contributed by atoms with Crippen molar-refractivity contribution in [2.75, 3.05) is 11.4 Å². The molecule has 0 saturated carbocycles. The first-order valence-electron chi connectivity index (χ1n) is 5.92. The highest BCUT2D eigenvalue weighted by molar-refractivity contribution is 5.77. The van der Waals surface area contributed by atoms with Crippen LogP contribution >= 0.6 is 0 Å². The zero-order chi connectivity index (χ0) is 14.0. The highest BCUT2D eigenvalue weighted by atomic mass is 19.4. The van der Waals surface area contributed by atoms with E-state index in [-0.39, 0.29) is 5.82 Å². The van der Waals surface area contributed by atoms with Gasteiger partial charge in [0.2, 0.25) is 0 Å². The second-order valence-electron chi connectivity index (χ2n) is 4.45. The lowest BCUT2D eigenvalue weighted by Crippen LogP contribution is -2.45. The maximum absolute atomic E-state index is 12.4. The summed E-state index contributed by atoms with van der Waals surface area (Å²) in [5, 5.41) is 9.10. The van der Waals surface area contributed by atoms with Crippen LogP contribution in [-0.4, -0.2) is 28.6 Å². The van der Waals surface area contributed by atoms with Crippen LogP contribution in [0.2, 0.25) is 0 Å². The number of aliphatic carboxylic acids is 1. The van der Waals surface area contributed by atoms with Crippen LogP contribution in [-0.2, 0) is 11.0 Å². The van der Waals surface area contributed by atoms with Gasteiger partial charge in [0.05, 0.1) is 5.56 Å². The monoisotopic (exact) mass is 274 g/mol. The first kappa shape index (κ1) is 13.6. The molecule has 0 spiro atoms. The number of aromatic nitrogens is 1. The molecule has 1 fully saturated rings. The molecule has 2 rings (SSSR count). The van der Waals surface area contributed by atoms with Crippen molar-refractivity contribution in [3.05, 3.63) is 23.9 Å². The normalized spacial score (nSPS) is 20.4. The number of nitrogens with zero attached hydrogens (tertiary/aromatic N) is 2. The molecule has 2 heterocycles. The molecule has 1 atom stereocenters. The molecule has 1 unspecified atom stereocenters. The molecular formula is C12H13F3N2O2. The van der Waals surface area contributed by atoms with Crippen LogP contribution in [0.4, 0.5) is 19.0 Å². The summed E-state index contributed by atoms with van der Waals surface area (Å²) in [6, 6.07) is 1.44. The molecule has 0 aromatic carbocycles. The molecule has 1 aliphatic rings. The maximum Gasteiger partial charge on any atom is 0.417 e. The molecule has 19 heavy (non-hydrogen) atoms. The number of carbonyl (C=O) groups is 1. The summed E-state index contributed by atoms with van der Waals surface area (Å²) in [6.45, 7) is 0.495. The molecule has 1 N–H and O–H groups in total. The van der Waals surface area contributed by atoms with E-state index in [0.29, 0.717) is 13.0 Å². The topological polar surface area (TPSA) is 53.4 Å². The molecule has 1 saturated heterocycles. The van der Waals surface area contributed by atoms with Crippen LogP contribution in [0.3, 0.4) is 0 Å². The number of rotatable bonds is 2. The van der Waals surface area contributed by atoms with E-state index in [0.717, 1.165) is 25.1 Å². The molecule has 0 radical (unpaired) electrons. The van der Waals surface area contributed by atoms with Gasteiger partial charge in [-0.25, -0.2) is 9.78 Å². The molecule has 7 heteroatoms. The summed E-state index contributed by atoms with van der Waals surface area (Å²) in [4.78, 5) is 16.4. The molecule has 0 bridgehead atoms. The number of carboxylic acids is 1. The van der Waals surface area contributed by atoms with Crippen LogP contribution in [0.1, 0.15) is 24.8 Å². The Bertz CT molecular complexity index is 459. The highest BCUT2D eigenvalue weighted by Gasteiger charge is 2.32. The summed E-state index contributed by atoms with van der Waals surface area (Å²) in [5.41, 5.74) is -0.833. The van der Waals surface area contributed by atoms with E-state index in [2.05, 4.69) is 4.98 Å². The van der Waals surface area contributed by atoms with Crippen molar-refractivity contribution in [3.8, 4) is 0 Å². The number of pyridine rings is 1. The molecule has 1 aromatic rings. The lowest BCUT2D eigenvalue weighted by atomic mass is 10.0. The summed E-state index contributed by atoms with van der Waals surface area (Å²) in [6.07, 6.45) is -1.60. The minimum atomic E-state index is -4.43. The average molecular weight is 274 g/mol. The number of halogens is 3. The van der Waals surface area contributed by atoms with Gasteiger partial charge in [0.1, 0.15) is 11.9 Å².